The molecule has 218 valence electrons. The van der Waals surface area contributed by atoms with Crippen LogP contribution in [0.3, 0.4) is 0 Å². The highest BCUT2D eigenvalue weighted by atomic mass is 19.4. The number of halogens is 6. The van der Waals surface area contributed by atoms with Crippen molar-refractivity contribution in [1.82, 2.24) is 34.2 Å². The van der Waals surface area contributed by atoms with Crippen molar-refractivity contribution in [3.63, 3.8) is 0 Å². The Morgan fingerprint density at radius 1 is 0.929 bits per heavy atom. The fourth-order valence-electron chi connectivity index (χ4n) is 3.48. The molecule has 0 spiro atoms. The van der Waals surface area contributed by atoms with E-state index in [0.29, 0.717) is 23.0 Å². The number of carboxylic acids is 1. The Morgan fingerprint density at radius 3 is 2.36 bits per heavy atom. The van der Waals surface area contributed by atoms with E-state index in [1.54, 1.807) is 65.3 Å². The topological polar surface area (TPSA) is 139 Å². The number of rotatable bonds is 5. The highest BCUT2D eigenvalue weighted by Gasteiger charge is 2.38. The zero-order valence-electron chi connectivity index (χ0n) is 20.9. The molecular weight excluding hydrogens is 574 g/mol. The van der Waals surface area contributed by atoms with Crippen LogP contribution < -0.4 is 10.6 Å². The van der Waals surface area contributed by atoms with Crippen molar-refractivity contribution in [2.24, 2.45) is 0 Å². The molecule has 17 heteroatoms. The van der Waals surface area contributed by atoms with E-state index in [1.165, 1.54) is 0 Å². The van der Waals surface area contributed by atoms with Crippen molar-refractivity contribution < 1.29 is 41.0 Å². The number of benzene rings is 1. The van der Waals surface area contributed by atoms with E-state index in [-0.39, 0.29) is 0 Å². The van der Waals surface area contributed by atoms with E-state index >= 15 is 0 Å². The lowest BCUT2D eigenvalue weighted by atomic mass is 10.1. The number of nitrogens with one attached hydrogen (secondary N) is 2. The number of alkyl halides is 6. The van der Waals surface area contributed by atoms with Gasteiger partial charge in [0.25, 0.3) is 0 Å². The number of pyridine rings is 1. The quantitative estimate of drug-likeness (QED) is 0.245. The Morgan fingerprint density at radius 2 is 1.69 bits per heavy atom. The predicted molar refractivity (Wildman–Crippen MR) is 136 cm³/mol. The summed E-state index contributed by atoms with van der Waals surface area (Å²) in [4.78, 5) is 38.0. The van der Waals surface area contributed by atoms with Gasteiger partial charge in [-0.3, -0.25) is 8.97 Å². The molecule has 0 bridgehead atoms. The number of aromatic nitrogens is 6. The van der Waals surface area contributed by atoms with Gasteiger partial charge in [-0.1, -0.05) is 12.1 Å². The number of hydrogen-bond donors (Lipinski definition) is 3. The first-order valence-electron chi connectivity index (χ1n) is 11.6. The van der Waals surface area contributed by atoms with Crippen molar-refractivity contribution in [2.75, 3.05) is 11.9 Å². The van der Waals surface area contributed by atoms with Gasteiger partial charge in [-0.15, -0.1) is 0 Å². The van der Waals surface area contributed by atoms with Crippen LogP contribution in [0.15, 0.2) is 79.8 Å². The summed E-state index contributed by atoms with van der Waals surface area (Å²) in [5.41, 5.74) is 4.04. The number of fused-ring (bicyclic) bond motifs is 1. The molecular formula is C25H18F6N8O3. The molecule has 0 fully saturated rings. The van der Waals surface area contributed by atoms with E-state index in [1.807, 2.05) is 28.8 Å². The molecule has 5 rings (SSSR count). The van der Waals surface area contributed by atoms with Crippen LogP contribution >= 0.6 is 0 Å². The molecule has 11 nitrogen and oxygen atoms in total. The summed E-state index contributed by atoms with van der Waals surface area (Å²) in [5, 5.41) is 11.3. The summed E-state index contributed by atoms with van der Waals surface area (Å²) >= 11 is 0. The maximum absolute atomic E-state index is 12.3. The van der Waals surface area contributed by atoms with Crippen molar-refractivity contribution in [3.8, 4) is 28.5 Å². The maximum Gasteiger partial charge on any atom is 0.490 e. The van der Waals surface area contributed by atoms with E-state index < -0.39 is 30.9 Å². The molecule has 0 radical (unpaired) electrons. The molecule has 0 saturated heterocycles. The summed E-state index contributed by atoms with van der Waals surface area (Å²) in [6, 6.07) is 11.4. The number of amides is 2. The summed E-state index contributed by atoms with van der Waals surface area (Å²) < 4.78 is 72.2. The minimum absolute atomic E-state index is 0.349. The number of aliphatic carboxylic acids is 1. The van der Waals surface area contributed by atoms with Crippen LogP contribution in [0.1, 0.15) is 0 Å². The molecule has 42 heavy (non-hydrogen) atoms. The molecule has 0 aliphatic carbocycles. The van der Waals surface area contributed by atoms with E-state index in [9.17, 15) is 31.1 Å². The summed E-state index contributed by atoms with van der Waals surface area (Å²) in [6.45, 7) is -1.41. The standard InChI is InChI=1S/C23H17F3N8O.C2HF3O2/c24-23(25,26)13-30-22(35)31-17-3-1-2-16(10-17)19-12-29-20-11-15(5-8-34(19)20)18-4-6-28-21(32-18)33-9-7-27-14-33;3-2(4,5)1(6)7/h1-12,14H,13H2,(H2,30,31,35);(H,6,7). The predicted octanol–water partition coefficient (Wildman–Crippen LogP) is 4.96. The van der Waals surface area contributed by atoms with Crippen molar-refractivity contribution in [1.29, 1.82) is 0 Å². The maximum atomic E-state index is 12.3. The minimum atomic E-state index is -5.08. The van der Waals surface area contributed by atoms with Crippen molar-refractivity contribution in [3.05, 3.63) is 79.8 Å². The molecule has 4 aromatic heterocycles. The molecule has 1 aromatic carbocycles. The van der Waals surface area contributed by atoms with Crippen LogP contribution in [0, 0.1) is 0 Å². The molecule has 3 N–H and O–H groups in total. The van der Waals surface area contributed by atoms with Gasteiger partial charge in [0.15, 0.2) is 0 Å². The van der Waals surface area contributed by atoms with Gasteiger partial charge < -0.3 is 15.7 Å². The van der Waals surface area contributed by atoms with Gasteiger partial charge in [0, 0.05) is 41.6 Å². The van der Waals surface area contributed by atoms with Gasteiger partial charge in [0.2, 0.25) is 5.95 Å². The number of anilines is 1. The Bertz CT molecular complexity index is 1700. The third-order valence-corrected chi connectivity index (χ3v) is 5.30. The Kier molecular flexibility index (Phi) is 8.39. The lowest BCUT2D eigenvalue weighted by molar-refractivity contribution is -0.192. The summed E-state index contributed by atoms with van der Waals surface area (Å²) in [7, 11) is 0. The number of carbonyl (C=O) groups excluding carboxylic acids is 1. The molecule has 0 saturated carbocycles. The average molecular weight is 592 g/mol. The van der Waals surface area contributed by atoms with Crippen LogP contribution in [-0.4, -0.2) is 64.9 Å². The van der Waals surface area contributed by atoms with Crippen molar-refractivity contribution in [2.45, 2.75) is 12.4 Å². The Hall–Kier alpha value is -5.48. The van der Waals surface area contributed by atoms with Gasteiger partial charge in [-0.05, 0) is 30.3 Å². The van der Waals surface area contributed by atoms with Crippen molar-refractivity contribution >= 4 is 23.3 Å². The second-order valence-corrected chi connectivity index (χ2v) is 8.31. The van der Waals surface area contributed by atoms with E-state index in [0.717, 1.165) is 16.8 Å². The van der Waals surface area contributed by atoms with Crippen LogP contribution in [0.4, 0.5) is 36.8 Å². The van der Waals surface area contributed by atoms with Gasteiger partial charge in [-0.2, -0.15) is 26.3 Å². The zero-order valence-corrected chi connectivity index (χ0v) is 20.9. The molecule has 0 atom stereocenters. The summed E-state index contributed by atoms with van der Waals surface area (Å²) in [5.74, 6) is -2.26. The first kappa shape index (κ1) is 29.5. The van der Waals surface area contributed by atoms with Crippen LogP contribution in [0.2, 0.25) is 0 Å². The van der Waals surface area contributed by atoms with Gasteiger partial charge in [-0.25, -0.2) is 29.5 Å². The number of carboxylic acid groups (broad SMARTS) is 1. The number of imidazole rings is 2. The van der Waals surface area contributed by atoms with E-state index in [4.69, 9.17) is 9.90 Å². The van der Waals surface area contributed by atoms with Gasteiger partial charge in [0.05, 0.1) is 17.6 Å². The second-order valence-electron chi connectivity index (χ2n) is 8.31. The first-order chi connectivity index (χ1) is 19.8. The van der Waals surface area contributed by atoms with Crippen LogP contribution in [-0.2, 0) is 4.79 Å². The zero-order chi connectivity index (χ0) is 30.5. The number of carbonyl (C=O) groups is 2. The molecule has 0 aliphatic heterocycles. The highest BCUT2D eigenvalue weighted by Crippen LogP contribution is 2.26. The molecule has 5 aromatic rings. The van der Waals surface area contributed by atoms with E-state index in [2.05, 4.69) is 25.3 Å². The van der Waals surface area contributed by atoms with Crippen LogP contribution in [0.25, 0.3) is 34.1 Å². The molecule has 0 aliphatic rings. The monoisotopic (exact) mass is 592 g/mol. The second kappa shape index (κ2) is 11.9. The normalized spacial score (nSPS) is 11.5. The Balaban J connectivity index is 0.000000517. The number of hydrogen-bond acceptors (Lipinski definition) is 6. The third kappa shape index (κ3) is 7.58. The average Bonchev–Trinajstić information content (AvgIpc) is 3.62. The Labute approximate surface area is 231 Å². The third-order valence-electron chi connectivity index (χ3n) is 5.30. The fraction of sp³-hybridized carbons (Fsp3) is 0.120. The minimum Gasteiger partial charge on any atom is -0.475 e. The fourth-order valence-corrected chi connectivity index (χ4v) is 3.48. The lowest BCUT2D eigenvalue weighted by Crippen LogP contribution is -2.36. The molecule has 2 amide bonds. The smallest absolute Gasteiger partial charge is 0.475 e. The molecule has 4 heterocycles. The summed E-state index contributed by atoms with van der Waals surface area (Å²) in [6.07, 6.45) is 0.649. The molecule has 0 unspecified atom stereocenters. The number of nitrogens with zero attached hydrogens (tertiary/aromatic N) is 6. The van der Waals surface area contributed by atoms with Crippen LogP contribution in [0.5, 0.6) is 0 Å². The SMILES string of the molecule is O=C(NCC(F)(F)F)Nc1cccc(-c2cnc3cc(-c4ccnc(-n5ccnc5)n4)ccn23)c1.O=C(O)C(F)(F)F. The van der Waals surface area contributed by atoms with Gasteiger partial charge >= 0.3 is 24.4 Å². The van der Waals surface area contributed by atoms with Gasteiger partial charge in [0.1, 0.15) is 18.5 Å². The largest absolute Gasteiger partial charge is 0.490 e. The highest BCUT2D eigenvalue weighted by molar-refractivity contribution is 5.90. The number of urea groups is 1. The first-order valence-corrected chi connectivity index (χ1v) is 11.6. The lowest BCUT2D eigenvalue weighted by Gasteiger charge is -2.11.